The molecule has 9 N–H and O–H groups in total. The number of hydrogen-bond acceptors (Lipinski definition) is 8. The first-order valence-electron chi connectivity index (χ1n) is 10.9. The second-order valence-corrected chi connectivity index (χ2v) is 8.94. The fourth-order valence-electron chi connectivity index (χ4n) is 2.95. The topological polar surface area (TPSA) is 214 Å². The van der Waals surface area contributed by atoms with Crippen molar-refractivity contribution >= 4 is 41.4 Å². The number of aliphatic carboxylic acids is 1. The number of phenolic OH excluding ortho intramolecular Hbond substituents is 1. The molecule has 35 heavy (non-hydrogen) atoms. The Morgan fingerprint density at radius 3 is 2.09 bits per heavy atom. The van der Waals surface area contributed by atoms with Crippen LogP contribution in [-0.4, -0.2) is 76.0 Å². The third-order valence-corrected chi connectivity index (χ3v) is 5.67. The molecule has 1 rings (SSSR count). The van der Waals surface area contributed by atoms with Gasteiger partial charge in [-0.25, -0.2) is 4.79 Å². The molecular weight excluding hydrogens is 478 g/mol. The molecule has 0 heterocycles. The van der Waals surface area contributed by atoms with Gasteiger partial charge < -0.3 is 37.6 Å². The van der Waals surface area contributed by atoms with E-state index in [1.54, 1.807) is 12.1 Å². The minimum atomic E-state index is -1.20. The van der Waals surface area contributed by atoms with Crippen molar-refractivity contribution in [2.75, 3.05) is 12.0 Å². The van der Waals surface area contributed by atoms with Gasteiger partial charge in [-0.1, -0.05) is 12.1 Å². The normalized spacial score (nSPS) is 14.1. The van der Waals surface area contributed by atoms with Crippen LogP contribution >= 0.6 is 11.8 Å². The van der Waals surface area contributed by atoms with E-state index in [4.69, 9.17) is 11.5 Å². The monoisotopic (exact) mass is 511 g/mol. The molecule has 4 amide bonds. The molecule has 0 aliphatic carbocycles. The number of rotatable bonds is 15. The lowest BCUT2D eigenvalue weighted by atomic mass is 10.0. The highest BCUT2D eigenvalue weighted by Gasteiger charge is 2.29. The Morgan fingerprint density at radius 2 is 1.54 bits per heavy atom. The van der Waals surface area contributed by atoms with E-state index >= 15 is 0 Å². The van der Waals surface area contributed by atoms with Crippen LogP contribution < -0.4 is 27.4 Å². The maximum atomic E-state index is 12.9. The first-order chi connectivity index (χ1) is 16.4. The largest absolute Gasteiger partial charge is 0.508 e. The summed E-state index contributed by atoms with van der Waals surface area (Å²) in [4.78, 5) is 60.3. The lowest BCUT2D eigenvalue weighted by molar-refractivity contribution is -0.142. The third kappa shape index (κ3) is 11.1. The number of carbonyl (C=O) groups excluding carboxylic acids is 4. The van der Waals surface area contributed by atoms with Crippen LogP contribution in [0.3, 0.4) is 0 Å². The average Bonchev–Trinajstić information content (AvgIpc) is 2.80. The highest BCUT2D eigenvalue weighted by Crippen LogP contribution is 2.12. The van der Waals surface area contributed by atoms with Gasteiger partial charge in [0.1, 0.15) is 23.9 Å². The van der Waals surface area contributed by atoms with Gasteiger partial charge in [-0.05, 0) is 49.5 Å². The van der Waals surface area contributed by atoms with Crippen molar-refractivity contribution < 1.29 is 34.2 Å². The van der Waals surface area contributed by atoms with Crippen molar-refractivity contribution in [1.29, 1.82) is 0 Å². The Morgan fingerprint density at radius 1 is 0.943 bits per heavy atom. The first kappa shape index (κ1) is 29.7. The molecule has 0 bridgehead atoms. The van der Waals surface area contributed by atoms with Gasteiger partial charge >= 0.3 is 5.97 Å². The summed E-state index contributed by atoms with van der Waals surface area (Å²) in [5.41, 5.74) is 11.4. The van der Waals surface area contributed by atoms with Crippen molar-refractivity contribution in [1.82, 2.24) is 16.0 Å². The Hall–Kier alpha value is -3.32. The minimum absolute atomic E-state index is 0.00547. The van der Waals surface area contributed by atoms with Gasteiger partial charge in [0.15, 0.2) is 0 Å². The number of nitrogens with one attached hydrogen (secondary N) is 3. The molecule has 13 heteroatoms. The number of carboxylic acids is 1. The molecule has 0 aromatic heterocycles. The van der Waals surface area contributed by atoms with Crippen LogP contribution in [0.25, 0.3) is 0 Å². The number of carboxylic acid groups (broad SMARTS) is 1. The van der Waals surface area contributed by atoms with E-state index in [0.29, 0.717) is 11.3 Å². The summed E-state index contributed by atoms with van der Waals surface area (Å²) in [6.45, 7) is 1.39. The number of benzene rings is 1. The molecule has 4 atom stereocenters. The van der Waals surface area contributed by atoms with Crippen molar-refractivity contribution in [3.05, 3.63) is 29.8 Å². The maximum absolute atomic E-state index is 12.9. The van der Waals surface area contributed by atoms with Gasteiger partial charge in [0.25, 0.3) is 0 Å². The van der Waals surface area contributed by atoms with E-state index in [2.05, 4.69) is 16.0 Å². The summed E-state index contributed by atoms with van der Waals surface area (Å²) in [6, 6.07) is 1.52. The maximum Gasteiger partial charge on any atom is 0.326 e. The molecule has 194 valence electrons. The van der Waals surface area contributed by atoms with E-state index in [9.17, 15) is 34.2 Å². The molecule has 12 nitrogen and oxygen atoms in total. The van der Waals surface area contributed by atoms with Crippen LogP contribution in [0.5, 0.6) is 5.75 Å². The molecule has 1 aromatic carbocycles. The molecule has 0 spiro atoms. The summed E-state index contributed by atoms with van der Waals surface area (Å²) in [5, 5.41) is 26.3. The fraction of sp³-hybridized carbons (Fsp3) is 0.500. The Kier molecular flexibility index (Phi) is 12.6. The standard InChI is InChI=1S/C22H33N5O7S/c1-12(25-20(31)15(23)7-8-18(24)29)19(30)27-17(11-13-3-5-14(28)6-4-13)21(32)26-16(22(33)34)9-10-35-2/h3-6,12,15-17,28H,7-11,23H2,1-2H3,(H2,24,29)(H,25,31)(H,26,32)(H,27,30)(H,33,34). The van der Waals surface area contributed by atoms with E-state index in [0.717, 1.165) is 0 Å². The number of phenols is 1. The average molecular weight is 512 g/mol. The second kappa shape index (κ2) is 14.8. The Bertz CT molecular complexity index is 897. The molecule has 4 unspecified atom stereocenters. The predicted octanol–water partition coefficient (Wildman–Crippen LogP) is -1.16. The van der Waals surface area contributed by atoms with Gasteiger partial charge in [0, 0.05) is 12.8 Å². The van der Waals surface area contributed by atoms with Crippen molar-refractivity contribution in [3.8, 4) is 5.75 Å². The second-order valence-electron chi connectivity index (χ2n) is 7.95. The molecule has 0 saturated heterocycles. The van der Waals surface area contributed by atoms with Crippen LogP contribution in [0.2, 0.25) is 0 Å². The van der Waals surface area contributed by atoms with Crippen LogP contribution in [0, 0.1) is 0 Å². The molecule has 0 radical (unpaired) electrons. The number of primary amides is 1. The molecule has 0 saturated carbocycles. The Balaban J connectivity index is 2.93. The zero-order valence-electron chi connectivity index (χ0n) is 19.7. The van der Waals surface area contributed by atoms with Crippen LogP contribution in [0.15, 0.2) is 24.3 Å². The first-order valence-corrected chi connectivity index (χ1v) is 12.3. The van der Waals surface area contributed by atoms with Gasteiger partial charge in [-0.3, -0.25) is 19.2 Å². The quantitative estimate of drug-likeness (QED) is 0.151. The third-order valence-electron chi connectivity index (χ3n) is 5.02. The van der Waals surface area contributed by atoms with Crippen LogP contribution in [-0.2, 0) is 30.4 Å². The summed E-state index contributed by atoms with van der Waals surface area (Å²) in [6.07, 6.45) is 1.92. The van der Waals surface area contributed by atoms with Crippen LogP contribution in [0.1, 0.15) is 31.7 Å². The van der Waals surface area contributed by atoms with Gasteiger partial charge in [-0.2, -0.15) is 11.8 Å². The molecule has 1 aromatic rings. The summed E-state index contributed by atoms with van der Waals surface area (Å²) in [5.74, 6) is -3.37. The van der Waals surface area contributed by atoms with E-state index in [-0.39, 0.29) is 31.4 Å². The Labute approximate surface area is 207 Å². The summed E-state index contributed by atoms with van der Waals surface area (Å²) < 4.78 is 0. The number of aromatic hydroxyl groups is 1. The molecule has 0 aliphatic rings. The fourth-order valence-corrected chi connectivity index (χ4v) is 3.43. The molecular formula is C22H33N5O7S. The highest BCUT2D eigenvalue weighted by molar-refractivity contribution is 7.98. The highest BCUT2D eigenvalue weighted by atomic mass is 32.2. The number of hydrogen-bond donors (Lipinski definition) is 7. The van der Waals surface area contributed by atoms with E-state index in [1.165, 1.54) is 30.8 Å². The van der Waals surface area contributed by atoms with E-state index < -0.39 is 53.8 Å². The number of carbonyl (C=O) groups is 5. The summed E-state index contributed by atoms with van der Waals surface area (Å²) >= 11 is 1.43. The SMILES string of the molecule is CSCCC(NC(=O)C(Cc1ccc(O)cc1)NC(=O)C(C)NC(=O)C(N)CCC(N)=O)C(=O)O. The number of nitrogens with two attached hydrogens (primary N) is 2. The number of thioether (sulfide) groups is 1. The van der Waals surface area contributed by atoms with Crippen LogP contribution in [0.4, 0.5) is 0 Å². The lowest BCUT2D eigenvalue weighted by Crippen LogP contribution is -2.57. The van der Waals surface area contributed by atoms with Gasteiger partial charge in [0.2, 0.25) is 23.6 Å². The van der Waals surface area contributed by atoms with Crippen molar-refractivity contribution in [3.63, 3.8) is 0 Å². The van der Waals surface area contributed by atoms with Crippen molar-refractivity contribution in [2.24, 2.45) is 11.5 Å². The number of amides is 4. The zero-order chi connectivity index (χ0) is 26.5. The van der Waals surface area contributed by atoms with Gasteiger partial charge in [-0.15, -0.1) is 0 Å². The van der Waals surface area contributed by atoms with Gasteiger partial charge in [0.05, 0.1) is 6.04 Å². The zero-order valence-corrected chi connectivity index (χ0v) is 20.5. The lowest BCUT2D eigenvalue weighted by Gasteiger charge is -2.24. The smallest absolute Gasteiger partial charge is 0.326 e. The van der Waals surface area contributed by atoms with Crippen molar-refractivity contribution in [2.45, 2.75) is 56.8 Å². The molecule has 0 fully saturated rings. The van der Waals surface area contributed by atoms with E-state index in [1.807, 2.05) is 6.26 Å². The predicted molar refractivity (Wildman–Crippen MR) is 130 cm³/mol. The molecule has 0 aliphatic heterocycles. The summed E-state index contributed by atoms with van der Waals surface area (Å²) in [7, 11) is 0. The minimum Gasteiger partial charge on any atom is -0.508 e.